The molecule has 0 radical (unpaired) electrons. The lowest BCUT2D eigenvalue weighted by Crippen LogP contribution is -2.45. The van der Waals surface area contributed by atoms with Crippen LogP contribution in [-0.2, 0) is 18.4 Å². The molecule has 0 aliphatic heterocycles. The summed E-state index contributed by atoms with van der Waals surface area (Å²) in [7, 11) is 1.51. The summed E-state index contributed by atoms with van der Waals surface area (Å²) in [6, 6.07) is -0.887. The number of likely N-dealkylation sites (N-methyl/N-ethyl adjacent to an activating group) is 1. The third kappa shape index (κ3) is 40.0. The van der Waals surface area contributed by atoms with Crippen LogP contribution in [0.1, 0.15) is 162 Å². The van der Waals surface area contributed by atoms with E-state index in [0.717, 1.165) is 57.8 Å². The fraction of sp³-hybridized carbons (Fsp3) is 0.717. The Morgan fingerprint density at radius 2 is 1.11 bits per heavy atom. The number of nitrogens with zero attached hydrogens (tertiary/aromatic N) is 1. The van der Waals surface area contributed by atoms with Gasteiger partial charge in [-0.25, -0.2) is 4.57 Å². The number of aliphatic hydroxyl groups excluding tert-OH is 1. The molecule has 318 valence electrons. The van der Waals surface area contributed by atoms with Gasteiger partial charge in [0.15, 0.2) is 0 Å². The molecule has 0 heterocycles. The van der Waals surface area contributed by atoms with Crippen molar-refractivity contribution in [2.45, 2.75) is 174 Å². The van der Waals surface area contributed by atoms with Crippen LogP contribution in [0.3, 0.4) is 0 Å². The maximum absolute atomic E-state index is 12.8. The number of rotatable bonds is 38. The number of amides is 1. The highest BCUT2D eigenvalue weighted by Crippen LogP contribution is 2.43. The molecule has 9 heteroatoms. The fourth-order valence-corrected chi connectivity index (χ4v) is 6.43. The summed E-state index contributed by atoms with van der Waals surface area (Å²) in [6.07, 6.45) is 49.8. The third-order valence-corrected chi connectivity index (χ3v) is 10.1. The number of unbranched alkanes of at least 4 members (excludes halogenated alkanes) is 15. The Hall–Kier alpha value is -2.06. The number of nitrogens with one attached hydrogen (secondary N) is 1. The summed E-state index contributed by atoms with van der Waals surface area (Å²) < 4.78 is 23.5. The lowest BCUT2D eigenvalue weighted by atomic mass is 10.0. The van der Waals surface area contributed by atoms with E-state index in [1.54, 1.807) is 6.08 Å². The van der Waals surface area contributed by atoms with E-state index in [1.165, 1.54) is 77.0 Å². The first-order chi connectivity index (χ1) is 26.5. The smallest absolute Gasteiger partial charge is 0.387 e. The van der Waals surface area contributed by atoms with E-state index in [4.69, 9.17) is 9.05 Å². The summed E-state index contributed by atoms with van der Waals surface area (Å²) in [5.74, 6) is -0.231. The van der Waals surface area contributed by atoms with Crippen molar-refractivity contribution in [2.75, 3.05) is 40.9 Å². The van der Waals surface area contributed by atoms with Crippen molar-refractivity contribution in [2.24, 2.45) is 0 Å². The molecule has 0 rings (SSSR count). The van der Waals surface area contributed by atoms with E-state index in [2.05, 4.69) is 79.9 Å². The zero-order chi connectivity index (χ0) is 40.7. The average molecular weight is 792 g/mol. The number of aliphatic hydroxyl groups is 1. The van der Waals surface area contributed by atoms with Crippen LogP contribution in [0.5, 0.6) is 0 Å². The standard InChI is InChI=1S/C46H83N2O6P/c1-6-8-10-12-14-16-18-20-22-23-24-26-27-29-31-33-35-37-39-45(49)44(43-54-55(51,52)53-42-41-48(3,4)5)47-46(50)40-38-36-34-32-30-28-25-21-19-17-15-13-11-9-7-2/h9,11,15,17,21,25,29-32,37,39,44-45,49H,6-8,10,12-14,16,18-20,22-24,26-28,33-36,38,40-43H2,1-5H3,(H-,47,50,51,52)/p+1/b11-9-,17-15-,25-21-,31-29+,32-30-,39-37+. The zero-order valence-corrected chi connectivity index (χ0v) is 36.8. The highest BCUT2D eigenvalue weighted by Gasteiger charge is 2.27. The van der Waals surface area contributed by atoms with Crippen LogP contribution in [0, 0.1) is 0 Å². The van der Waals surface area contributed by atoms with Gasteiger partial charge in [-0.05, 0) is 70.6 Å². The monoisotopic (exact) mass is 792 g/mol. The van der Waals surface area contributed by atoms with E-state index >= 15 is 0 Å². The topological polar surface area (TPSA) is 105 Å². The van der Waals surface area contributed by atoms with Gasteiger partial charge in [-0.1, -0.05) is 157 Å². The minimum absolute atomic E-state index is 0.0445. The summed E-state index contributed by atoms with van der Waals surface area (Å²) in [4.78, 5) is 23.1. The molecule has 3 atom stereocenters. The number of allylic oxidation sites excluding steroid dienone is 11. The van der Waals surface area contributed by atoms with Gasteiger partial charge >= 0.3 is 7.82 Å². The Morgan fingerprint density at radius 3 is 1.67 bits per heavy atom. The van der Waals surface area contributed by atoms with Crippen LogP contribution in [0.25, 0.3) is 0 Å². The first-order valence-electron chi connectivity index (χ1n) is 21.8. The summed E-state index contributed by atoms with van der Waals surface area (Å²) in [6.45, 7) is 4.62. The molecule has 0 spiro atoms. The highest BCUT2D eigenvalue weighted by atomic mass is 31.2. The second-order valence-corrected chi connectivity index (χ2v) is 17.1. The lowest BCUT2D eigenvalue weighted by molar-refractivity contribution is -0.870. The largest absolute Gasteiger partial charge is 0.472 e. The number of phosphoric acid groups is 1. The van der Waals surface area contributed by atoms with Crippen molar-refractivity contribution in [3.63, 3.8) is 0 Å². The first-order valence-corrected chi connectivity index (χ1v) is 23.3. The van der Waals surface area contributed by atoms with Gasteiger partial charge in [0.25, 0.3) is 0 Å². The van der Waals surface area contributed by atoms with Crippen LogP contribution in [0.15, 0.2) is 72.9 Å². The first kappa shape index (κ1) is 52.9. The minimum Gasteiger partial charge on any atom is -0.387 e. The predicted octanol–water partition coefficient (Wildman–Crippen LogP) is 12.0. The average Bonchev–Trinajstić information content (AvgIpc) is 3.13. The number of quaternary nitrogens is 1. The maximum Gasteiger partial charge on any atom is 0.472 e. The number of hydrogen-bond donors (Lipinski definition) is 3. The normalized spacial score (nSPS) is 15.1. The zero-order valence-electron chi connectivity index (χ0n) is 35.9. The summed E-state index contributed by atoms with van der Waals surface area (Å²) >= 11 is 0. The fourth-order valence-electron chi connectivity index (χ4n) is 5.69. The molecule has 0 fully saturated rings. The van der Waals surface area contributed by atoms with Crippen LogP contribution >= 0.6 is 7.82 Å². The minimum atomic E-state index is -4.36. The van der Waals surface area contributed by atoms with Gasteiger partial charge in [0, 0.05) is 6.42 Å². The van der Waals surface area contributed by atoms with Crippen molar-refractivity contribution in [3.8, 4) is 0 Å². The predicted molar refractivity (Wildman–Crippen MR) is 235 cm³/mol. The number of phosphoric ester groups is 1. The van der Waals surface area contributed by atoms with Crippen molar-refractivity contribution in [1.29, 1.82) is 0 Å². The van der Waals surface area contributed by atoms with E-state index in [1.807, 2.05) is 27.2 Å². The molecule has 0 saturated carbocycles. The van der Waals surface area contributed by atoms with Gasteiger partial charge in [-0.3, -0.25) is 13.8 Å². The van der Waals surface area contributed by atoms with Gasteiger partial charge in [0.1, 0.15) is 13.2 Å². The molecule has 8 nitrogen and oxygen atoms in total. The SMILES string of the molecule is CC/C=C\C/C=C\C/C=C\C/C=C\CCCCC(=O)NC(COP(=O)(O)OCC[N+](C)(C)C)C(O)/C=C/CC/C=C/CCCCCCCCCCCCCC. The molecule has 0 aromatic carbocycles. The third-order valence-electron chi connectivity index (χ3n) is 9.16. The molecule has 0 saturated heterocycles. The van der Waals surface area contributed by atoms with Crippen LogP contribution in [-0.4, -0.2) is 73.4 Å². The summed E-state index contributed by atoms with van der Waals surface area (Å²) in [5.41, 5.74) is 0. The second-order valence-electron chi connectivity index (χ2n) is 15.7. The van der Waals surface area contributed by atoms with Gasteiger partial charge < -0.3 is 19.8 Å². The molecule has 0 aliphatic carbocycles. The molecule has 3 N–H and O–H groups in total. The van der Waals surface area contributed by atoms with Crippen molar-refractivity contribution >= 4 is 13.7 Å². The molecule has 55 heavy (non-hydrogen) atoms. The lowest BCUT2D eigenvalue weighted by Gasteiger charge is -2.25. The van der Waals surface area contributed by atoms with Gasteiger partial charge in [-0.15, -0.1) is 0 Å². The van der Waals surface area contributed by atoms with E-state index in [-0.39, 0.29) is 19.1 Å². The number of hydrogen-bond acceptors (Lipinski definition) is 5. The van der Waals surface area contributed by atoms with Crippen LogP contribution in [0.4, 0.5) is 0 Å². The van der Waals surface area contributed by atoms with Crippen LogP contribution in [0.2, 0.25) is 0 Å². The van der Waals surface area contributed by atoms with Crippen molar-refractivity contribution in [3.05, 3.63) is 72.9 Å². The second kappa shape index (κ2) is 37.5. The molecule has 0 aromatic heterocycles. The van der Waals surface area contributed by atoms with Gasteiger partial charge in [0.2, 0.25) is 5.91 Å². The van der Waals surface area contributed by atoms with Crippen molar-refractivity contribution in [1.82, 2.24) is 5.32 Å². The number of carbonyl (C=O) groups excluding carboxylic acids is 1. The molecule has 0 bridgehead atoms. The van der Waals surface area contributed by atoms with E-state index < -0.39 is 20.0 Å². The Bertz CT molecular complexity index is 1120. The Labute approximate surface area is 338 Å². The Kier molecular flexibility index (Phi) is 36.1. The maximum atomic E-state index is 12.8. The molecular formula is C46H84N2O6P+. The Morgan fingerprint density at radius 1 is 0.636 bits per heavy atom. The Balaban J connectivity index is 4.58. The van der Waals surface area contributed by atoms with Crippen LogP contribution < -0.4 is 5.32 Å². The number of carbonyl (C=O) groups is 1. The molecule has 3 unspecified atom stereocenters. The highest BCUT2D eigenvalue weighted by molar-refractivity contribution is 7.47. The van der Waals surface area contributed by atoms with Gasteiger partial charge in [0.05, 0.1) is 39.9 Å². The molecule has 0 aliphatic rings. The quantitative estimate of drug-likeness (QED) is 0.0249. The molecular weight excluding hydrogens is 707 g/mol. The van der Waals surface area contributed by atoms with E-state index in [0.29, 0.717) is 23.9 Å². The van der Waals surface area contributed by atoms with E-state index in [9.17, 15) is 19.4 Å². The van der Waals surface area contributed by atoms with Gasteiger partial charge in [-0.2, -0.15) is 0 Å². The van der Waals surface area contributed by atoms with Crippen molar-refractivity contribution < 1.29 is 32.9 Å². The molecule has 1 amide bonds. The summed E-state index contributed by atoms with van der Waals surface area (Å²) in [5, 5.41) is 13.8. The molecule has 0 aromatic rings.